The average molecular weight is 565 g/mol. The summed E-state index contributed by atoms with van der Waals surface area (Å²) in [5, 5.41) is 25.7. The van der Waals surface area contributed by atoms with E-state index < -0.39 is 11.4 Å². The Hall–Kier alpha value is -2.33. The number of carbonyl (C=O) groups excluding carboxylic acids is 1. The number of rotatable bonds is 9. The van der Waals surface area contributed by atoms with Crippen molar-refractivity contribution in [2.75, 3.05) is 31.5 Å². The number of likely N-dealkylation sites (tertiary alicyclic amines) is 1. The van der Waals surface area contributed by atoms with E-state index in [4.69, 9.17) is 11.6 Å². The maximum atomic E-state index is 15.7. The molecule has 3 aromatic rings. The molecule has 1 aromatic heterocycles. The summed E-state index contributed by atoms with van der Waals surface area (Å²) in [6, 6.07) is 6.76. The van der Waals surface area contributed by atoms with E-state index in [1.165, 1.54) is 11.1 Å². The monoisotopic (exact) mass is 563 g/mol. The lowest BCUT2D eigenvalue weighted by Crippen LogP contribution is -2.67. The summed E-state index contributed by atoms with van der Waals surface area (Å²) >= 11 is 9.70. The number of hydrogen-bond acceptors (Lipinski definition) is 6. The number of fused-ring (bicyclic) bond motifs is 1. The molecule has 186 valence electrons. The molecular formula is C25H28BrClFN5O2. The highest BCUT2D eigenvalue weighted by atomic mass is 79.9. The number of β-amino-alcohol motifs (C(OH)–C–C–N with tert-alkyl or cyclic N) is 1. The summed E-state index contributed by atoms with van der Waals surface area (Å²) in [7, 11) is 0. The summed E-state index contributed by atoms with van der Waals surface area (Å²) in [4.78, 5) is 15.0. The number of nitrogens with one attached hydrogen (secondary N) is 2. The van der Waals surface area contributed by atoms with E-state index in [-0.39, 0.29) is 35.8 Å². The van der Waals surface area contributed by atoms with E-state index in [1.54, 1.807) is 31.2 Å². The Morgan fingerprint density at radius 1 is 1.31 bits per heavy atom. The van der Waals surface area contributed by atoms with Gasteiger partial charge in [0.15, 0.2) is 5.82 Å². The largest absolute Gasteiger partial charge is 0.385 e. The Morgan fingerprint density at radius 2 is 2.09 bits per heavy atom. The number of aromatic nitrogens is 2. The predicted molar refractivity (Wildman–Crippen MR) is 140 cm³/mol. The molecule has 1 fully saturated rings. The van der Waals surface area contributed by atoms with Crippen LogP contribution in [0.25, 0.3) is 10.9 Å². The van der Waals surface area contributed by atoms with Gasteiger partial charge in [-0.2, -0.15) is 5.10 Å². The molecule has 10 heteroatoms. The molecule has 7 nitrogen and oxygen atoms in total. The Balaban J connectivity index is 1.61. The molecule has 2 aromatic carbocycles. The van der Waals surface area contributed by atoms with Gasteiger partial charge < -0.3 is 20.6 Å². The van der Waals surface area contributed by atoms with Crippen molar-refractivity contribution in [2.24, 2.45) is 0 Å². The van der Waals surface area contributed by atoms with Crippen LogP contribution in [0.15, 0.2) is 34.9 Å². The number of halogens is 3. The van der Waals surface area contributed by atoms with Crippen LogP contribution in [0.2, 0.25) is 5.02 Å². The summed E-state index contributed by atoms with van der Waals surface area (Å²) in [5.74, 6) is -1.07. The number of nitrogens with zero attached hydrogens (tertiary/aromatic N) is 3. The average Bonchev–Trinajstić information content (AvgIpc) is 2.80. The molecule has 35 heavy (non-hydrogen) atoms. The third-order valence-electron chi connectivity index (χ3n) is 6.16. The second-order valence-electron chi connectivity index (χ2n) is 9.06. The van der Waals surface area contributed by atoms with Gasteiger partial charge in [0.2, 0.25) is 0 Å². The molecule has 1 saturated heterocycles. The van der Waals surface area contributed by atoms with Crippen molar-refractivity contribution in [2.45, 2.75) is 38.7 Å². The van der Waals surface area contributed by atoms with Gasteiger partial charge in [-0.15, -0.1) is 5.10 Å². The van der Waals surface area contributed by atoms with Crippen molar-refractivity contribution in [3.63, 3.8) is 0 Å². The van der Waals surface area contributed by atoms with E-state index in [1.807, 2.05) is 0 Å². The zero-order valence-electron chi connectivity index (χ0n) is 19.7. The number of carbonyl (C=O) groups is 1. The van der Waals surface area contributed by atoms with E-state index in [2.05, 4.69) is 43.7 Å². The van der Waals surface area contributed by atoms with Crippen LogP contribution >= 0.6 is 27.5 Å². The SMILES string of the molecule is CCCCCNCC1(O)CN(C(=O)c2cc3c(C)cnnc3c(F)c2Nc2ccc(Br)cc2Cl)C1. The van der Waals surface area contributed by atoms with Gasteiger partial charge in [-0.25, -0.2) is 4.39 Å². The Morgan fingerprint density at radius 3 is 2.80 bits per heavy atom. The normalized spacial score (nSPS) is 14.7. The fraction of sp³-hybridized carbons (Fsp3) is 0.400. The van der Waals surface area contributed by atoms with Gasteiger partial charge in [0.1, 0.15) is 11.1 Å². The first-order valence-corrected chi connectivity index (χ1v) is 12.8. The Kier molecular flexibility index (Phi) is 7.90. The first kappa shape index (κ1) is 25.8. The molecule has 4 rings (SSSR count). The van der Waals surface area contributed by atoms with Gasteiger partial charge in [-0.05, 0) is 49.7 Å². The standard InChI is InChI=1S/C25H28BrClFN5O2/c1-3-4-5-8-29-12-25(35)13-33(14-25)24(34)18-10-17-15(2)11-30-32-23(17)21(28)22(18)31-20-7-6-16(26)9-19(20)27/h6-7,9-11,29,31,35H,3-5,8,12-14H2,1-2H3. The zero-order chi connectivity index (χ0) is 25.2. The summed E-state index contributed by atoms with van der Waals surface area (Å²) in [5.41, 5.74) is 0.324. The smallest absolute Gasteiger partial charge is 0.256 e. The Bertz CT molecular complexity index is 1250. The van der Waals surface area contributed by atoms with Crippen LogP contribution in [0, 0.1) is 12.7 Å². The Labute approximate surface area is 217 Å². The van der Waals surface area contributed by atoms with Crippen LogP contribution in [0.4, 0.5) is 15.8 Å². The van der Waals surface area contributed by atoms with Crippen molar-refractivity contribution < 1.29 is 14.3 Å². The third-order valence-corrected chi connectivity index (χ3v) is 6.97. The lowest BCUT2D eigenvalue weighted by atomic mass is 9.92. The van der Waals surface area contributed by atoms with Crippen LogP contribution in [0.3, 0.4) is 0 Å². The molecular weight excluding hydrogens is 537 g/mol. The summed E-state index contributed by atoms with van der Waals surface area (Å²) in [6.45, 7) is 5.48. The molecule has 0 bridgehead atoms. The van der Waals surface area contributed by atoms with Gasteiger partial charge in [0, 0.05) is 16.4 Å². The van der Waals surface area contributed by atoms with E-state index in [9.17, 15) is 9.90 Å². The minimum atomic E-state index is -0.999. The van der Waals surface area contributed by atoms with Crippen LogP contribution in [-0.2, 0) is 0 Å². The highest BCUT2D eigenvalue weighted by Gasteiger charge is 2.44. The summed E-state index contributed by atoms with van der Waals surface area (Å²) < 4.78 is 16.5. The second-order valence-corrected chi connectivity index (χ2v) is 10.4. The minimum absolute atomic E-state index is 0.0280. The van der Waals surface area contributed by atoms with Crippen LogP contribution in [0.1, 0.15) is 42.1 Å². The fourth-order valence-electron chi connectivity index (χ4n) is 4.21. The van der Waals surface area contributed by atoms with E-state index in [0.717, 1.165) is 30.3 Å². The van der Waals surface area contributed by atoms with Crippen molar-refractivity contribution in [1.82, 2.24) is 20.4 Å². The number of anilines is 2. The number of unbranched alkanes of at least 4 members (excludes halogenated alkanes) is 2. The van der Waals surface area contributed by atoms with E-state index >= 15 is 4.39 Å². The fourth-order valence-corrected chi connectivity index (χ4v) is 4.93. The molecule has 0 saturated carbocycles. The second kappa shape index (κ2) is 10.7. The zero-order valence-corrected chi connectivity index (χ0v) is 22.0. The maximum absolute atomic E-state index is 15.7. The molecule has 1 aliphatic heterocycles. The molecule has 3 N–H and O–H groups in total. The number of aryl methyl sites for hydroxylation is 1. The molecule has 0 atom stereocenters. The van der Waals surface area contributed by atoms with Gasteiger partial charge in [0.25, 0.3) is 5.91 Å². The lowest BCUT2D eigenvalue weighted by molar-refractivity contribution is -0.0784. The predicted octanol–water partition coefficient (Wildman–Crippen LogP) is 5.20. The maximum Gasteiger partial charge on any atom is 0.256 e. The highest BCUT2D eigenvalue weighted by Crippen LogP contribution is 2.36. The molecule has 0 radical (unpaired) electrons. The summed E-state index contributed by atoms with van der Waals surface area (Å²) in [6.07, 6.45) is 4.83. The number of amides is 1. The first-order chi connectivity index (χ1) is 16.7. The van der Waals surface area contributed by atoms with Crippen molar-refractivity contribution in [1.29, 1.82) is 0 Å². The molecule has 1 amide bonds. The number of benzene rings is 2. The molecule has 0 aliphatic carbocycles. The topological polar surface area (TPSA) is 90.4 Å². The van der Waals surface area contributed by atoms with Crippen LogP contribution < -0.4 is 10.6 Å². The first-order valence-electron chi connectivity index (χ1n) is 11.6. The minimum Gasteiger partial charge on any atom is -0.385 e. The van der Waals surface area contributed by atoms with E-state index in [0.29, 0.717) is 28.2 Å². The molecule has 2 heterocycles. The highest BCUT2D eigenvalue weighted by molar-refractivity contribution is 9.10. The van der Waals surface area contributed by atoms with Crippen molar-refractivity contribution in [3.05, 3.63) is 56.9 Å². The quantitative estimate of drug-likeness (QED) is 0.310. The van der Waals surface area contributed by atoms with Crippen LogP contribution in [-0.4, -0.2) is 57.9 Å². The third kappa shape index (κ3) is 5.58. The number of hydrogen-bond donors (Lipinski definition) is 3. The lowest BCUT2D eigenvalue weighted by Gasteiger charge is -2.46. The van der Waals surface area contributed by atoms with Gasteiger partial charge in [-0.3, -0.25) is 4.79 Å². The molecule has 0 spiro atoms. The van der Waals surface area contributed by atoms with Crippen molar-refractivity contribution >= 4 is 55.7 Å². The number of aliphatic hydroxyl groups is 1. The van der Waals surface area contributed by atoms with Gasteiger partial charge in [0.05, 0.1) is 41.2 Å². The van der Waals surface area contributed by atoms with Crippen LogP contribution in [0.5, 0.6) is 0 Å². The van der Waals surface area contributed by atoms with Crippen molar-refractivity contribution in [3.8, 4) is 0 Å². The molecule has 0 unspecified atom stereocenters. The molecule has 1 aliphatic rings. The van der Waals surface area contributed by atoms with Gasteiger partial charge in [-0.1, -0.05) is 47.3 Å². The van der Waals surface area contributed by atoms with Gasteiger partial charge >= 0.3 is 0 Å².